The lowest BCUT2D eigenvalue weighted by Crippen LogP contribution is -2.03. The van der Waals surface area contributed by atoms with E-state index in [2.05, 4.69) is 22.5 Å². The number of allylic oxidation sites excluding steroid dienone is 1. The lowest BCUT2D eigenvalue weighted by molar-refractivity contribution is 0.258. The van der Waals surface area contributed by atoms with E-state index in [1.165, 1.54) is 0 Å². The van der Waals surface area contributed by atoms with E-state index in [-0.39, 0.29) is 0 Å². The van der Waals surface area contributed by atoms with Crippen LogP contribution in [0.4, 0.5) is 0 Å². The minimum Gasteiger partial charge on any atom is -0.494 e. The Balaban J connectivity index is 1.71. The molecule has 2 aromatic carbocycles. The fourth-order valence-electron chi connectivity index (χ4n) is 2.26. The van der Waals surface area contributed by atoms with Crippen molar-refractivity contribution in [3.63, 3.8) is 0 Å². The average molecular weight is 391 g/mol. The highest BCUT2D eigenvalue weighted by Crippen LogP contribution is 2.28. The summed E-state index contributed by atoms with van der Waals surface area (Å²) in [5.41, 5.74) is 1.16. The van der Waals surface area contributed by atoms with Crippen molar-refractivity contribution in [2.45, 2.75) is 19.3 Å². The first-order valence-corrected chi connectivity index (χ1v) is 8.81. The third-order valence-corrected chi connectivity index (χ3v) is 3.96. The van der Waals surface area contributed by atoms with Crippen LogP contribution >= 0.6 is 15.9 Å². The molecule has 24 heavy (non-hydrogen) atoms. The van der Waals surface area contributed by atoms with Crippen LogP contribution in [0.1, 0.15) is 18.4 Å². The van der Waals surface area contributed by atoms with Crippen molar-refractivity contribution in [3.8, 4) is 17.2 Å². The normalized spacial score (nSPS) is 10.2. The van der Waals surface area contributed by atoms with E-state index in [4.69, 9.17) is 14.2 Å². The van der Waals surface area contributed by atoms with Crippen molar-refractivity contribution in [1.29, 1.82) is 0 Å². The molecule has 0 heterocycles. The van der Waals surface area contributed by atoms with Gasteiger partial charge < -0.3 is 14.2 Å². The fourth-order valence-corrected chi connectivity index (χ4v) is 2.64. The summed E-state index contributed by atoms with van der Waals surface area (Å²) in [5.74, 6) is 2.42. The highest BCUT2D eigenvalue weighted by molar-refractivity contribution is 9.10. The van der Waals surface area contributed by atoms with Crippen molar-refractivity contribution in [3.05, 3.63) is 65.2 Å². The van der Waals surface area contributed by atoms with Crippen molar-refractivity contribution in [1.82, 2.24) is 0 Å². The molecule has 128 valence electrons. The molecule has 0 amide bonds. The van der Waals surface area contributed by atoms with E-state index in [1.54, 1.807) is 7.11 Å². The summed E-state index contributed by atoms with van der Waals surface area (Å²) in [6.45, 7) is 5.07. The summed E-state index contributed by atoms with van der Waals surface area (Å²) in [5, 5.41) is 0. The van der Waals surface area contributed by atoms with Crippen LogP contribution in [0.5, 0.6) is 17.2 Å². The Morgan fingerprint density at radius 1 is 1.00 bits per heavy atom. The Morgan fingerprint density at radius 2 is 1.79 bits per heavy atom. The van der Waals surface area contributed by atoms with Crippen LogP contribution in [0.3, 0.4) is 0 Å². The first-order valence-electron chi connectivity index (χ1n) is 8.02. The molecule has 0 saturated heterocycles. The number of benzene rings is 2. The topological polar surface area (TPSA) is 27.7 Å². The molecule has 3 nitrogen and oxygen atoms in total. The first kappa shape index (κ1) is 18.4. The van der Waals surface area contributed by atoms with Crippen LogP contribution in [-0.4, -0.2) is 20.3 Å². The maximum absolute atomic E-state index is 5.82. The van der Waals surface area contributed by atoms with E-state index in [9.17, 15) is 0 Å². The fraction of sp³-hybridized carbons (Fsp3) is 0.300. The highest BCUT2D eigenvalue weighted by atomic mass is 79.9. The SMILES string of the molecule is C=CCc1ccc(OCCCCOc2cccc(Br)c2)c(OC)c1. The highest BCUT2D eigenvalue weighted by Gasteiger charge is 2.05. The van der Waals surface area contributed by atoms with Gasteiger partial charge in [0.15, 0.2) is 11.5 Å². The Morgan fingerprint density at radius 3 is 2.50 bits per heavy atom. The minimum atomic E-state index is 0.638. The molecular weight excluding hydrogens is 368 g/mol. The van der Waals surface area contributed by atoms with E-state index in [0.29, 0.717) is 13.2 Å². The first-order chi connectivity index (χ1) is 11.7. The third kappa shape index (κ3) is 5.93. The second-order valence-electron chi connectivity index (χ2n) is 5.34. The largest absolute Gasteiger partial charge is 0.494 e. The van der Waals surface area contributed by atoms with Gasteiger partial charge in [-0.2, -0.15) is 0 Å². The van der Waals surface area contributed by atoms with Gasteiger partial charge in [-0.3, -0.25) is 0 Å². The molecule has 0 spiro atoms. The zero-order valence-corrected chi connectivity index (χ0v) is 15.6. The van der Waals surface area contributed by atoms with Gasteiger partial charge in [0.25, 0.3) is 0 Å². The number of methoxy groups -OCH3 is 1. The maximum atomic E-state index is 5.82. The number of hydrogen-bond donors (Lipinski definition) is 0. The molecule has 0 aliphatic heterocycles. The molecule has 2 rings (SSSR count). The second-order valence-corrected chi connectivity index (χ2v) is 6.26. The summed E-state index contributed by atoms with van der Waals surface area (Å²) < 4.78 is 17.9. The van der Waals surface area contributed by atoms with Crippen LogP contribution < -0.4 is 14.2 Å². The van der Waals surface area contributed by atoms with Crippen molar-refractivity contribution in [2.24, 2.45) is 0 Å². The average Bonchev–Trinajstić information content (AvgIpc) is 2.59. The monoisotopic (exact) mass is 390 g/mol. The summed E-state index contributed by atoms with van der Waals surface area (Å²) in [7, 11) is 1.66. The van der Waals surface area contributed by atoms with Gasteiger partial charge in [-0.15, -0.1) is 6.58 Å². The Labute approximate surface area is 152 Å². The summed E-state index contributed by atoms with van der Waals surface area (Å²) in [6.07, 6.45) is 4.55. The van der Waals surface area contributed by atoms with Gasteiger partial charge in [0.1, 0.15) is 5.75 Å². The molecule has 0 saturated carbocycles. The van der Waals surface area contributed by atoms with E-state index in [0.717, 1.165) is 46.5 Å². The number of rotatable bonds is 10. The van der Waals surface area contributed by atoms with Crippen LogP contribution in [-0.2, 0) is 6.42 Å². The smallest absolute Gasteiger partial charge is 0.161 e. The number of ether oxygens (including phenoxy) is 3. The number of halogens is 1. The lowest BCUT2D eigenvalue weighted by atomic mass is 10.1. The molecular formula is C20H23BrO3. The molecule has 2 aromatic rings. The molecule has 0 radical (unpaired) electrons. The zero-order valence-electron chi connectivity index (χ0n) is 14.0. The lowest BCUT2D eigenvalue weighted by Gasteiger charge is -2.12. The van der Waals surface area contributed by atoms with Gasteiger partial charge in [0.2, 0.25) is 0 Å². The Hall–Kier alpha value is -1.94. The molecule has 0 aliphatic rings. The Kier molecular flexibility index (Phi) is 7.69. The number of unbranched alkanes of at least 4 members (excludes halogenated alkanes) is 1. The third-order valence-electron chi connectivity index (χ3n) is 3.47. The van der Waals surface area contributed by atoms with Crippen LogP contribution in [0.25, 0.3) is 0 Å². The van der Waals surface area contributed by atoms with Gasteiger partial charge in [-0.05, 0) is 55.2 Å². The maximum Gasteiger partial charge on any atom is 0.161 e. The molecule has 0 fully saturated rings. The standard InChI is InChI=1S/C20H23BrO3/c1-3-7-16-10-11-19(20(14-16)22-2)24-13-5-4-12-23-18-9-6-8-17(21)15-18/h3,6,8-11,14-15H,1,4-5,7,12-13H2,2H3. The van der Waals surface area contributed by atoms with Gasteiger partial charge in [-0.1, -0.05) is 34.1 Å². The molecule has 0 N–H and O–H groups in total. The predicted molar refractivity (Wildman–Crippen MR) is 101 cm³/mol. The van der Waals surface area contributed by atoms with Crippen LogP contribution in [0, 0.1) is 0 Å². The van der Waals surface area contributed by atoms with E-state index >= 15 is 0 Å². The van der Waals surface area contributed by atoms with Gasteiger partial charge >= 0.3 is 0 Å². The molecule has 0 atom stereocenters. The second kappa shape index (κ2) is 10.0. The molecule has 0 aromatic heterocycles. The van der Waals surface area contributed by atoms with E-state index in [1.807, 2.05) is 48.5 Å². The predicted octanol–water partition coefficient (Wildman–Crippen LogP) is 5.42. The molecule has 0 unspecified atom stereocenters. The minimum absolute atomic E-state index is 0.638. The Bertz CT molecular complexity index is 655. The zero-order chi connectivity index (χ0) is 17.2. The summed E-state index contributed by atoms with van der Waals surface area (Å²) >= 11 is 3.43. The van der Waals surface area contributed by atoms with Crippen molar-refractivity contribution >= 4 is 15.9 Å². The summed E-state index contributed by atoms with van der Waals surface area (Å²) in [6, 6.07) is 13.8. The van der Waals surface area contributed by atoms with Crippen molar-refractivity contribution < 1.29 is 14.2 Å². The van der Waals surface area contributed by atoms with Gasteiger partial charge in [0, 0.05) is 4.47 Å². The molecule has 0 bridgehead atoms. The summed E-state index contributed by atoms with van der Waals surface area (Å²) in [4.78, 5) is 0. The van der Waals surface area contributed by atoms with E-state index < -0.39 is 0 Å². The quantitative estimate of drug-likeness (QED) is 0.400. The van der Waals surface area contributed by atoms with Crippen LogP contribution in [0.15, 0.2) is 59.6 Å². The van der Waals surface area contributed by atoms with Crippen molar-refractivity contribution in [2.75, 3.05) is 20.3 Å². The molecule has 4 heteroatoms. The number of hydrogen-bond acceptors (Lipinski definition) is 3. The van der Waals surface area contributed by atoms with Crippen LogP contribution in [0.2, 0.25) is 0 Å². The van der Waals surface area contributed by atoms with Gasteiger partial charge in [0.05, 0.1) is 20.3 Å². The molecule has 0 aliphatic carbocycles. The van der Waals surface area contributed by atoms with Gasteiger partial charge in [-0.25, -0.2) is 0 Å².